The van der Waals surface area contributed by atoms with Crippen molar-refractivity contribution < 1.29 is 0 Å². The fraction of sp³-hybridized carbons (Fsp3) is 0.647. The van der Waals surface area contributed by atoms with Crippen LogP contribution in [0.3, 0.4) is 0 Å². The number of nitrogens with two attached hydrogens (primary N) is 1. The molecule has 3 rings (SSSR count). The summed E-state index contributed by atoms with van der Waals surface area (Å²) in [6.07, 6.45) is 9.30. The third-order valence-electron chi connectivity index (χ3n) is 5.01. The Balaban J connectivity index is 1.77. The van der Waals surface area contributed by atoms with E-state index in [1.807, 2.05) is 6.07 Å². The fourth-order valence-corrected chi connectivity index (χ4v) is 3.81. The normalized spacial score (nSPS) is 30.9. The quantitative estimate of drug-likeness (QED) is 0.792. The maximum absolute atomic E-state index is 5.98. The molecule has 2 aliphatic rings. The molecule has 0 aromatic heterocycles. The Morgan fingerprint density at radius 2 is 1.95 bits per heavy atom. The maximum Gasteiger partial charge on any atom is 0.0326 e. The molecule has 1 fully saturated rings. The van der Waals surface area contributed by atoms with Gasteiger partial charge >= 0.3 is 0 Å². The fourth-order valence-electron chi connectivity index (χ4n) is 3.81. The van der Waals surface area contributed by atoms with E-state index in [0.717, 1.165) is 11.6 Å². The van der Waals surface area contributed by atoms with E-state index in [4.69, 9.17) is 5.73 Å². The second-order valence-electron chi connectivity index (χ2n) is 6.44. The largest absolute Gasteiger partial charge is 0.399 e. The van der Waals surface area contributed by atoms with Gasteiger partial charge in [0.05, 0.1) is 0 Å². The predicted octanol–water partition coefficient (Wildman–Crippen LogP) is 3.81. The van der Waals surface area contributed by atoms with Gasteiger partial charge in [-0.25, -0.2) is 0 Å². The van der Waals surface area contributed by atoms with Crippen LogP contribution in [0.4, 0.5) is 5.69 Å². The molecule has 0 amide bonds. The maximum atomic E-state index is 5.98. The van der Waals surface area contributed by atoms with Crippen molar-refractivity contribution in [1.82, 2.24) is 5.32 Å². The minimum Gasteiger partial charge on any atom is -0.399 e. The molecule has 3 atom stereocenters. The van der Waals surface area contributed by atoms with E-state index in [2.05, 4.69) is 24.4 Å². The Hall–Kier alpha value is -1.02. The third-order valence-corrected chi connectivity index (χ3v) is 5.01. The smallest absolute Gasteiger partial charge is 0.0326 e. The van der Waals surface area contributed by atoms with Crippen LogP contribution < -0.4 is 11.1 Å². The first-order valence-corrected chi connectivity index (χ1v) is 7.88. The van der Waals surface area contributed by atoms with Gasteiger partial charge in [-0.05, 0) is 61.3 Å². The second kappa shape index (κ2) is 5.54. The van der Waals surface area contributed by atoms with Gasteiger partial charge in [-0.1, -0.05) is 25.8 Å². The Kier molecular flexibility index (Phi) is 3.79. The molecule has 2 nitrogen and oxygen atoms in total. The van der Waals surface area contributed by atoms with E-state index in [9.17, 15) is 0 Å². The summed E-state index contributed by atoms with van der Waals surface area (Å²) in [6.45, 7) is 2.40. The first-order valence-electron chi connectivity index (χ1n) is 7.88. The molecule has 1 aromatic rings. The minimum atomic E-state index is 0.526. The summed E-state index contributed by atoms with van der Waals surface area (Å²) in [4.78, 5) is 0. The highest BCUT2D eigenvalue weighted by atomic mass is 15.0. The zero-order chi connectivity index (χ0) is 13.2. The molecule has 104 valence electrons. The predicted molar refractivity (Wildman–Crippen MR) is 81.1 cm³/mol. The van der Waals surface area contributed by atoms with Crippen molar-refractivity contribution in [2.45, 2.75) is 64.0 Å². The summed E-state index contributed by atoms with van der Waals surface area (Å²) in [5, 5.41) is 3.94. The number of hydrogen-bond acceptors (Lipinski definition) is 2. The highest BCUT2D eigenvalue weighted by molar-refractivity contribution is 5.47. The van der Waals surface area contributed by atoms with Crippen molar-refractivity contribution in [3.63, 3.8) is 0 Å². The number of nitrogen functional groups attached to an aromatic ring is 1. The number of hydrogen-bond donors (Lipinski definition) is 2. The van der Waals surface area contributed by atoms with Crippen molar-refractivity contribution in [3.8, 4) is 0 Å². The van der Waals surface area contributed by atoms with E-state index in [1.54, 1.807) is 0 Å². The van der Waals surface area contributed by atoms with E-state index in [-0.39, 0.29) is 0 Å². The number of rotatable bonds is 2. The summed E-state index contributed by atoms with van der Waals surface area (Å²) in [7, 11) is 0. The van der Waals surface area contributed by atoms with Crippen LogP contribution >= 0.6 is 0 Å². The highest BCUT2D eigenvalue weighted by Crippen LogP contribution is 2.34. The standard InChI is InChI=1S/C17H26N2/c1-12-5-2-3-7-16(12)19-17-8-4-6-13-9-10-14(18)11-15(13)17/h9-12,16-17,19H,2-8,18H2,1H3. The summed E-state index contributed by atoms with van der Waals surface area (Å²) >= 11 is 0. The van der Waals surface area contributed by atoms with Gasteiger partial charge in [-0.2, -0.15) is 0 Å². The van der Waals surface area contributed by atoms with Gasteiger partial charge in [0, 0.05) is 17.8 Å². The lowest BCUT2D eigenvalue weighted by molar-refractivity contribution is 0.250. The van der Waals surface area contributed by atoms with Gasteiger partial charge in [-0.15, -0.1) is 0 Å². The van der Waals surface area contributed by atoms with E-state index >= 15 is 0 Å². The van der Waals surface area contributed by atoms with Crippen LogP contribution in [0.15, 0.2) is 18.2 Å². The molecule has 1 saturated carbocycles. The molecule has 0 saturated heterocycles. The van der Waals surface area contributed by atoms with Crippen molar-refractivity contribution in [2.75, 3.05) is 5.73 Å². The Morgan fingerprint density at radius 1 is 1.11 bits per heavy atom. The lowest BCUT2D eigenvalue weighted by atomic mass is 9.82. The highest BCUT2D eigenvalue weighted by Gasteiger charge is 2.27. The summed E-state index contributed by atoms with van der Waals surface area (Å²) in [6, 6.07) is 7.69. The molecule has 1 aromatic carbocycles. The van der Waals surface area contributed by atoms with Gasteiger partial charge in [0.25, 0.3) is 0 Å². The van der Waals surface area contributed by atoms with Crippen LogP contribution in [0.5, 0.6) is 0 Å². The number of anilines is 1. The molecule has 0 spiro atoms. The van der Waals surface area contributed by atoms with Crippen LogP contribution in [-0.4, -0.2) is 6.04 Å². The van der Waals surface area contributed by atoms with Crippen molar-refractivity contribution in [2.24, 2.45) is 5.92 Å². The summed E-state index contributed by atoms with van der Waals surface area (Å²) in [5.74, 6) is 0.820. The molecule has 0 radical (unpaired) electrons. The minimum absolute atomic E-state index is 0.526. The van der Waals surface area contributed by atoms with Crippen LogP contribution in [0.2, 0.25) is 0 Å². The molecule has 0 aliphatic heterocycles. The van der Waals surface area contributed by atoms with Crippen LogP contribution in [-0.2, 0) is 6.42 Å². The number of aryl methyl sites for hydroxylation is 1. The molecular formula is C17H26N2. The third kappa shape index (κ3) is 2.79. The molecule has 3 N–H and O–H groups in total. The molecule has 19 heavy (non-hydrogen) atoms. The van der Waals surface area contributed by atoms with Crippen molar-refractivity contribution in [1.29, 1.82) is 0 Å². The van der Waals surface area contributed by atoms with Crippen molar-refractivity contribution in [3.05, 3.63) is 29.3 Å². The molecule has 0 bridgehead atoms. The lowest BCUT2D eigenvalue weighted by Crippen LogP contribution is -2.40. The zero-order valence-electron chi connectivity index (χ0n) is 12.0. The number of benzene rings is 1. The Morgan fingerprint density at radius 3 is 2.79 bits per heavy atom. The van der Waals surface area contributed by atoms with Crippen LogP contribution in [0.1, 0.15) is 62.6 Å². The Labute approximate surface area is 116 Å². The second-order valence-corrected chi connectivity index (χ2v) is 6.44. The molecule has 2 heteroatoms. The summed E-state index contributed by atoms with van der Waals surface area (Å²) in [5.41, 5.74) is 9.85. The first-order chi connectivity index (χ1) is 9.24. The summed E-state index contributed by atoms with van der Waals surface area (Å²) < 4.78 is 0. The zero-order valence-corrected chi connectivity index (χ0v) is 12.0. The monoisotopic (exact) mass is 258 g/mol. The van der Waals surface area contributed by atoms with Gasteiger partial charge in [0.2, 0.25) is 0 Å². The van der Waals surface area contributed by atoms with E-state index < -0.39 is 0 Å². The molecule has 0 heterocycles. The topological polar surface area (TPSA) is 38.0 Å². The van der Waals surface area contributed by atoms with Crippen molar-refractivity contribution >= 4 is 5.69 Å². The van der Waals surface area contributed by atoms with Gasteiger partial charge in [0.15, 0.2) is 0 Å². The molecule has 3 unspecified atom stereocenters. The molecular weight excluding hydrogens is 232 g/mol. The van der Waals surface area contributed by atoms with E-state index in [0.29, 0.717) is 12.1 Å². The molecule has 2 aliphatic carbocycles. The van der Waals surface area contributed by atoms with Gasteiger partial charge < -0.3 is 11.1 Å². The number of nitrogens with one attached hydrogen (secondary N) is 1. The van der Waals surface area contributed by atoms with Crippen LogP contribution in [0.25, 0.3) is 0 Å². The van der Waals surface area contributed by atoms with Crippen LogP contribution in [0, 0.1) is 5.92 Å². The van der Waals surface area contributed by atoms with E-state index in [1.165, 1.54) is 56.1 Å². The van der Waals surface area contributed by atoms with Gasteiger partial charge in [-0.3, -0.25) is 0 Å². The van der Waals surface area contributed by atoms with Gasteiger partial charge in [0.1, 0.15) is 0 Å². The first kappa shape index (κ1) is 13.0. The average molecular weight is 258 g/mol. The lowest BCUT2D eigenvalue weighted by Gasteiger charge is -2.36. The number of fused-ring (bicyclic) bond motifs is 1. The SMILES string of the molecule is CC1CCCCC1NC1CCCc2ccc(N)cc21. The average Bonchev–Trinajstić information content (AvgIpc) is 2.42. The Bertz CT molecular complexity index is 441.